The van der Waals surface area contributed by atoms with Crippen LogP contribution in [0, 0.1) is 0 Å². The van der Waals surface area contributed by atoms with Crippen LogP contribution in [0.25, 0.3) is 0 Å². The summed E-state index contributed by atoms with van der Waals surface area (Å²) in [7, 11) is 0. The third-order valence-electron chi connectivity index (χ3n) is 7.91. The zero-order valence-electron chi connectivity index (χ0n) is 29.0. The Morgan fingerprint density at radius 1 is 0.538 bits per heavy atom. The summed E-state index contributed by atoms with van der Waals surface area (Å²) in [6, 6.07) is 8.06. The normalized spacial score (nSPS) is 10.6. The number of phenolic OH excluding ortho intramolecular Hbond substituents is 4. The smallest absolute Gasteiger partial charge is 0.303 e. The van der Waals surface area contributed by atoms with E-state index in [0.29, 0.717) is 56.7 Å². The number of rotatable bonds is 24. The van der Waals surface area contributed by atoms with Crippen LogP contribution in [0.15, 0.2) is 36.4 Å². The lowest BCUT2D eigenvalue weighted by atomic mass is 10.1. The van der Waals surface area contributed by atoms with Crippen LogP contribution >= 0.6 is 0 Å². The molecule has 0 atom stereocenters. The average molecular weight is 732 g/mol. The second kappa shape index (κ2) is 23.0. The largest absolute Gasteiger partial charge is 0.504 e. The number of benzene rings is 2. The van der Waals surface area contributed by atoms with Crippen molar-refractivity contribution < 1.29 is 59.5 Å². The summed E-state index contributed by atoms with van der Waals surface area (Å²) < 4.78 is 0. The highest BCUT2D eigenvalue weighted by Gasteiger charge is 2.18. The summed E-state index contributed by atoms with van der Waals surface area (Å²) in [5.41, 5.74) is -0.179. The van der Waals surface area contributed by atoms with E-state index >= 15 is 0 Å². The highest BCUT2D eigenvalue weighted by molar-refractivity contribution is 5.98. The van der Waals surface area contributed by atoms with Gasteiger partial charge in [0.05, 0.1) is 11.1 Å². The summed E-state index contributed by atoms with van der Waals surface area (Å²) in [5, 5.41) is 66.1. The average Bonchev–Trinajstić information content (AvgIpc) is 3.11. The first-order valence-electron chi connectivity index (χ1n) is 17.2. The molecule has 0 unspecified atom stereocenters. The predicted octanol–water partition coefficient (Wildman–Crippen LogP) is 2.21. The van der Waals surface area contributed by atoms with Crippen molar-refractivity contribution in [3.05, 3.63) is 47.5 Å². The van der Waals surface area contributed by atoms with Crippen LogP contribution in [-0.2, 0) is 19.2 Å². The molecule has 0 spiro atoms. The number of nitrogens with one attached hydrogen (secondary N) is 3. The van der Waals surface area contributed by atoms with E-state index in [9.17, 15) is 54.4 Å². The second-order valence-electron chi connectivity index (χ2n) is 12.0. The van der Waals surface area contributed by atoms with E-state index in [4.69, 9.17) is 5.11 Å². The Balaban J connectivity index is 1.78. The molecule has 0 radical (unpaired) electrons. The topological polar surface area (TPSA) is 266 Å². The number of hydrogen-bond acceptors (Lipinski definition) is 11. The second-order valence-corrected chi connectivity index (χ2v) is 12.0. The van der Waals surface area contributed by atoms with Crippen molar-refractivity contribution in [2.45, 2.75) is 70.6 Å². The molecule has 17 heteroatoms. The van der Waals surface area contributed by atoms with E-state index in [-0.39, 0.29) is 81.2 Å². The molecule has 0 heterocycles. The molecule has 9 N–H and O–H groups in total. The van der Waals surface area contributed by atoms with Gasteiger partial charge in [0.1, 0.15) is 0 Å². The molecule has 0 aliphatic rings. The number of unbranched alkanes of at least 4 members (excludes halogenated alkanes) is 3. The van der Waals surface area contributed by atoms with Crippen LogP contribution in [-0.4, -0.2) is 115 Å². The van der Waals surface area contributed by atoms with Gasteiger partial charge in [-0.3, -0.25) is 34.0 Å². The first-order chi connectivity index (χ1) is 24.8. The molecule has 286 valence electrons. The van der Waals surface area contributed by atoms with Crippen LogP contribution in [0.3, 0.4) is 0 Å². The van der Waals surface area contributed by atoms with E-state index in [2.05, 4.69) is 16.0 Å². The maximum Gasteiger partial charge on any atom is 0.303 e. The van der Waals surface area contributed by atoms with E-state index in [0.717, 1.165) is 0 Å². The number of carbonyl (C=O) groups is 6. The molecule has 52 heavy (non-hydrogen) atoms. The zero-order chi connectivity index (χ0) is 38.5. The molecule has 0 aliphatic carbocycles. The first kappa shape index (κ1) is 42.6. The predicted molar refractivity (Wildman–Crippen MR) is 186 cm³/mol. The van der Waals surface area contributed by atoms with Crippen molar-refractivity contribution in [3.8, 4) is 23.0 Å². The molecule has 0 bridgehead atoms. The van der Waals surface area contributed by atoms with Crippen molar-refractivity contribution in [2.24, 2.45) is 0 Å². The van der Waals surface area contributed by atoms with Crippen molar-refractivity contribution in [3.63, 3.8) is 0 Å². The van der Waals surface area contributed by atoms with E-state index in [1.165, 1.54) is 36.4 Å². The van der Waals surface area contributed by atoms with Crippen molar-refractivity contribution >= 4 is 35.5 Å². The quantitative estimate of drug-likeness (QED) is 0.0326. The first-order valence-corrected chi connectivity index (χ1v) is 17.2. The van der Waals surface area contributed by atoms with Gasteiger partial charge >= 0.3 is 5.97 Å². The Morgan fingerprint density at radius 3 is 1.65 bits per heavy atom. The van der Waals surface area contributed by atoms with E-state index < -0.39 is 46.7 Å². The molecule has 2 aromatic rings. The zero-order valence-corrected chi connectivity index (χ0v) is 29.0. The minimum atomic E-state index is -1.01. The summed E-state index contributed by atoms with van der Waals surface area (Å²) in [6.45, 7) is 1.31. The summed E-state index contributed by atoms with van der Waals surface area (Å²) in [5.74, 6) is -5.29. The Morgan fingerprint density at radius 2 is 1.06 bits per heavy atom. The number of nitrogens with zero attached hydrogens (tertiary/aromatic N) is 2. The molecule has 0 aromatic heterocycles. The summed E-state index contributed by atoms with van der Waals surface area (Å²) in [4.78, 5) is 74.3. The lowest BCUT2D eigenvalue weighted by molar-refractivity contribution is -0.165. The number of carboxylic acids is 1. The third-order valence-corrected chi connectivity index (χ3v) is 7.91. The SMILES string of the molecule is O=C(O)CCCC(=O)N(O)CCCCCNC(=O)CCC(=O)N(CCCCNC(=O)c1cccc(O)c1O)CCCNC(=O)c1cccc(O)c1O. The number of aliphatic carboxylic acids is 1. The van der Waals surface area contributed by atoms with Crippen molar-refractivity contribution in [1.29, 1.82) is 0 Å². The van der Waals surface area contributed by atoms with Crippen LogP contribution in [0.1, 0.15) is 91.3 Å². The van der Waals surface area contributed by atoms with Gasteiger partial charge in [-0.05, 0) is 69.2 Å². The Labute approximate surface area is 301 Å². The lowest BCUT2D eigenvalue weighted by Crippen LogP contribution is -2.36. The fourth-order valence-electron chi connectivity index (χ4n) is 4.98. The van der Waals surface area contributed by atoms with Gasteiger partial charge in [0.2, 0.25) is 17.7 Å². The number of para-hydroxylation sites is 2. The molecule has 2 rings (SSSR count). The molecule has 2 aromatic carbocycles. The molecule has 0 aliphatic heterocycles. The van der Waals surface area contributed by atoms with Gasteiger partial charge in [-0.2, -0.15) is 0 Å². The molecule has 5 amide bonds. The van der Waals surface area contributed by atoms with Gasteiger partial charge < -0.3 is 46.4 Å². The van der Waals surface area contributed by atoms with E-state index in [1.807, 2.05) is 0 Å². The van der Waals surface area contributed by atoms with Gasteiger partial charge in [-0.15, -0.1) is 0 Å². The van der Waals surface area contributed by atoms with Crippen LogP contribution in [0.2, 0.25) is 0 Å². The molecular formula is C35H49N5O12. The Hall–Kier alpha value is -5.58. The number of hydrogen-bond donors (Lipinski definition) is 9. The molecule has 0 fully saturated rings. The number of aromatic hydroxyl groups is 4. The molecule has 0 saturated heterocycles. The molecule has 0 saturated carbocycles. The fraction of sp³-hybridized carbons (Fsp3) is 0.486. The summed E-state index contributed by atoms with van der Waals surface area (Å²) >= 11 is 0. The maximum atomic E-state index is 13.1. The highest BCUT2D eigenvalue weighted by Crippen LogP contribution is 2.28. The van der Waals surface area contributed by atoms with Crippen LogP contribution in [0.4, 0.5) is 0 Å². The van der Waals surface area contributed by atoms with Gasteiger partial charge in [-0.25, -0.2) is 5.06 Å². The maximum absolute atomic E-state index is 13.1. The minimum absolute atomic E-state index is 0.0663. The van der Waals surface area contributed by atoms with Crippen molar-refractivity contribution in [1.82, 2.24) is 25.9 Å². The van der Waals surface area contributed by atoms with Gasteiger partial charge in [0.25, 0.3) is 11.8 Å². The van der Waals surface area contributed by atoms with Crippen LogP contribution in [0.5, 0.6) is 23.0 Å². The standard InChI is InChI=1S/C35H49N5O12/c41-26-12-6-10-24(32(26)48)34(50)37-19-3-5-21-39(22-9-20-38-35(51)25-11-7-13-27(42)33(25)49)29(44)17-16-28(43)36-18-2-1-4-23-40(52)30(45)14-8-15-31(46)47/h6-7,10-13,41-42,48-49,52H,1-5,8-9,14-23H2,(H,36,43)(H,37,50)(H,38,51)(H,46,47). The van der Waals surface area contributed by atoms with Crippen LogP contribution < -0.4 is 16.0 Å². The van der Waals surface area contributed by atoms with Gasteiger partial charge in [-0.1, -0.05) is 12.1 Å². The Kier molecular flexibility index (Phi) is 18.8. The summed E-state index contributed by atoms with van der Waals surface area (Å²) in [6.07, 6.45) is 2.70. The number of hydroxylamine groups is 2. The number of phenols is 4. The van der Waals surface area contributed by atoms with Gasteiger partial charge in [0, 0.05) is 65.0 Å². The number of amides is 5. The number of carbonyl (C=O) groups excluding carboxylic acids is 5. The molecular weight excluding hydrogens is 682 g/mol. The van der Waals surface area contributed by atoms with E-state index in [1.54, 1.807) is 4.90 Å². The number of carboxylic acid groups (broad SMARTS) is 1. The highest BCUT2D eigenvalue weighted by atomic mass is 16.5. The molecule has 17 nitrogen and oxygen atoms in total. The Bertz CT molecular complexity index is 1520. The fourth-order valence-corrected chi connectivity index (χ4v) is 4.98. The minimum Gasteiger partial charge on any atom is -0.504 e. The monoisotopic (exact) mass is 731 g/mol. The van der Waals surface area contributed by atoms with Gasteiger partial charge in [0.15, 0.2) is 23.0 Å². The third kappa shape index (κ3) is 15.5. The van der Waals surface area contributed by atoms with Crippen molar-refractivity contribution in [2.75, 3.05) is 39.3 Å². The lowest BCUT2D eigenvalue weighted by Gasteiger charge is -2.23.